The maximum Gasteiger partial charge on any atom is 0.314 e. The van der Waals surface area contributed by atoms with Crippen LogP contribution >= 0.6 is 0 Å². The molecule has 2 heterocycles. The van der Waals surface area contributed by atoms with Crippen LogP contribution in [0.5, 0.6) is 11.5 Å². The van der Waals surface area contributed by atoms with Gasteiger partial charge in [-0.2, -0.15) is 0 Å². The van der Waals surface area contributed by atoms with Gasteiger partial charge in [0, 0.05) is 11.8 Å². The number of likely N-dealkylation sites (tertiary alicyclic amines) is 1. The Hall–Kier alpha value is -2.28. The van der Waals surface area contributed by atoms with Crippen molar-refractivity contribution in [2.45, 2.75) is 26.2 Å². The SMILES string of the molecule is CCOC(=O)[C@@H]1CCC[NH+](CCC(=O)Nc2ccc3c(c2)OCO3)C1. The molecule has 2 aliphatic heterocycles. The third-order valence-electron chi connectivity index (χ3n) is 4.60. The first-order chi connectivity index (χ1) is 12.2. The van der Waals surface area contributed by atoms with Crippen LogP contribution in [0.4, 0.5) is 5.69 Å². The molecule has 7 nitrogen and oxygen atoms in total. The van der Waals surface area contributed by atoms with Gasteiger partial charge in [0.25, 0.3) is 0 Å². The van der Waals surface area contributed by atoms with Crippen molar-refractivity contribution in [1.29, 1.82) is 0 Å². The second kappa shape index (κ2) is 8.20. The highest BCUT2D eigenvalue weighted by Crippen LogP contribution is 2.34. The zero-order valence-corrected chi connectivity index (χ0v) is 14.5. The van der Waals surface area contributed by atoms with Gasteiger partial charge < -0.3 is 24.4 Å². The Kier molecular flexibility index (Phi) is 5.75. The molecule has 0 radical (unpaired) electrons. The Morgan fingerprint density at radius 1 is 1.32 bits per heavy atom. The monoisotopic (exact) mass is 349 g/mol. The molecule has 136 valence electrons. The average molecular weight is 349 g/mol. The lowest BCUT2D eigenvalue weighted by Gasteiger charge is -2.28. The van der Waals surface area contributed by atoms with E-state index < -0.39 is 0 Å². The summed E-state index contributed by atoms with van der Waals surface area (Å²) in [6.07, 6.45) is 2.29. The fourth-order valence-corrected chi connectivity index (χ4v) is 3.33. The number of fused-ring (bicyclic) bond motifs is 1. The van der Waals surface area contributed by atoms with Gasteiger partial charge in [-0.05, 0) is 31.9 Å². The summed E-state index contributed by atoms with van der Waals surface area (Å²) < 4.78 is 15.7. The number of hydrogen-bond acceptors (Lipinski definition) is 5. The van der Waals surface area contributed by atoms with Crippen LogP contribution in [0.2, 0.25) is 0 Å². The molecule has 3 rings (SSSR count). The predicted octanol–water partition coefficient (Wildman–Crippen LogP) is 0.602. The maximum atomic E-state index is 12.2. The summed E-state index contributed by atoms with van der Waals surface area (Å²) in [6.45, 7) is 4.91. The summed E-state index contributed by atoms with van der Waals surface area (Å²) in [7, 11) is 0. The smallest absolute Gasteiger partial charge is 0.314 e. The first kappa shape index (κ1) is 17.5. The van der Waals surface area contributed by atoms with E-state index in [0.717, 1.165) is 25.9 Å². The van der Waals surface area contributed by atoms with E-state index in [9.17, 15) is 9.59 Å². The second-order valence-corrected chi connectivity index (χ2v) is 6.41. The van der Waals surface area contributed by atoms with Crippen molar-refractivity contribution in [3.8, 4) is 11.5 Å². The summed E-state index contributed by atoms with van der Waals surface area (Å²) in [5, 5.41) is 2.89. The number of quaternary nitrogens is 1. The van der Waals surface area contributed by atoms with Crippen molar-refractivity contribution in [1.82, 2.24) is 0 Å². The van der Waals surface area contributed by atoms with Crippen LogP contribution in [0, 0.1) is 5.92 Å². The summed E-state index contributed by atoms with van der Waals surface area (Å²) in [4.78, 5) is 25.3. The van der Waals surface area contributed by atoms with Gasteiger partial charge in [-0.15, -0.1) is 0 Å². The molecule has 1 amide bonds. The molecule has 0 spiro atoms. The Labute approximate surface area is 147 Å². The van der Waals surface area contributed by atoms with Crippen molar-refractivity contribution in [3.63, 3.8) is 0 Å². The normalized spacial score (nSPS) is 21.6. The van der Waals surface area contributed by atoms with Gasteiger partial charge in [0.2, 0.25) is 12.7 Å². The molecule has 2 atom stereocenters. The highest BCUT2D eigenvalue weighted by Gasteiger charge is 2.29. The van der Waals surface area contributed by atoms with E-state index in [0.29, 0.717) is 36.8 Å². The minimum Gasteiger partial charge on any atom is -0.466 e. The number of carbonyl (C=O) groups excluding carboxylic acids is 2. The summed E-state index contributed by atoms with van der Waals surface area (Å²) in [6, 6.07) is 5.36. The van der Waals surface area contributed by atoms with Gasteiger partial charge in [0.15, 0.2) is 11.5 Å². The topological polar surface area (TPSA) is 78.3 Å². The van der Waals surface area contributed by atoms with Crippen LogP contribution in [0.25, 0.3) is 0 Å². The van der Waals surface area contributed by atoms with Crippen LogP contribution in [-0.2, 0) is 14.3 Å². The maximum absolute atomic E-state index is 12.2. The van der Waals surface area contributed by atoms with Crippen LogP contribution in [0.15, 0.2) is 18.2 Å². The Morgan fingerprint density at radius 3 is 3.00 bits per heavy atom. The van der Waals surface area contributed by atoms with Crippen LogP contribution < -0.4 is 19.7 Å². The van der Waals surface area contributed by atoms with Crippen LogP contribution in [0.1, 0.15) is 26.2 Å². The molecular formula is C18H25N2O5+. The molecule has 7 heteroatoms. The summed E-state index contributed by atoms with van der Waals surface area (Å²) >= 11 is 0. The molecule has 2 N–H and O–H groups in total. The van der Waals surface area contributed by atoms with Crippen LogP contribution in [-0.4, -0.2) is 44.9 Å². The lowest BCUT2D eigenvalue weighted by atomic mass is 9.98. The first-order valence-electron chi connectivity index (χ1n) is 8.85. The third-order valence-corrected chi connectivity index (χ3v) is 4.60. The third kappa shape index (κ3) is 4.63. The molecule has 1 unspecified atom stereocenters. The Morgan fingerprint density at radius 2 is 2.16 bits per heavy atom. The highest BCUT2D eigenvalue weighted by atomic mass is 16.7. The predicted molar refractivity (Wildman–Crippen MR) is 90.7 cm³/mol. The van der Waals surface area contributed by atoms with Crippen molar-refractivity contribution < 1.29 is 28.7 Å². The molecule has 0 aliphatic carbocycles. The van der Waals surface area contributed by atoms with Gasteiger partial charge >= 0.3 is 5.97 Å². The molecule has 0 saturated carbocycles. The van der Waals surface area contributed by atoms with Crippen molar-refractivity contribution >= 4 is 17.6 Å². The molecular weight excluding hydrogens is 324 g/mol. The molecule has 0 bridgehead atoms. The fourth-order valence-electron chi connectivity index (χ4n) is 3.33. The standard InChI is InChI=1S/C18H24N2O5/c1-2-23-18(22)13-4-3-8-20(11-13)9-7-17(21)19-14-5-6-15-16(10-14)25-12-24-15/h5-6,10,13H,2-4,7-9,11-12H2,1H3,(H,19,21)/p+1/t13-/m1/s1. The van der Waals surface area contributed by atoms with Crippen molar-refractivity contribution in [2.75, 3.05) is 38.4 Å². The van der Waals surface area contributed by atoms with Gasteiger partial charge in [-0.25, -0.2) is 0 Å². The molecule has 2 aliphatic rings. The lowest BCUT2D eigenvalue weighted by molar-refractivity contribution is -0.906. The zero-order valence-electron chi connectivity index (χ0n) is 14.5. The molecule has 25 heavy (non-hydrogen) atoms. The minimum absolute atomic E-state index is 0.0374. The molecule has 1 saturated heterocycles. The molecule has 1 fully saturated rings. The molecule has 0 aromatic heterocycles. The zero-order chi connectivity index (χ0) is 17.6. The Bertz CT molecular complexity index is 634. The molecule has 1 aromatic rings. The van der Waals surface area contributed by atoms with E-state index in [1.165, 1.54) is 4.90 Å². The number of carbonyl (C=O) groups is 2. The minimum atomic E-state index is -0.107. The number of nitrogens with one attached hydrogen (secondary N) is 2. The number of piperidine rings is 1. The first-order valence-corrected chi connectivity index (χ1v) is 8.85. The number of benzene rings is 1. The number of rotatable bonds is 6. The highest BCUT2D eigenvalue weighted by molar-refractivity contribution is 5.91. The number of esters is 1. The Balaban J connectivity index is 1.45. The van der Waals surface area contributed by atoms with E-state index >= 15 is 0 Å². The summed E-state index contributed by atoms with van der Waals surface area (Å²) in [5.74, 6) is 1.16. The van der Waals surface area contributed by atoms with Gasteiger partial charge in [0.05, 0.1) is 32.7 Å². The van der Waals surface area contributed by atoms with E-state index in [2.05, 4.69) is 5.32 Å². The van der Waals surface area contributed by atoms with Gasteiger partial charge in [-0.1, -0.05) is 0 Å². The average Bonchev–Trinajstić information content (AvgIpc) is 3.08. The second-order valence-electron chi connectivity index (χ2n) is 6.41. The van der Waals surface area contributed by atoms with E-state index in [-0.39, 0.29) is 24.6 Å². The van der Waals surface area contributed by atoms with E-state index in [1.807, 2.05) is 6.92 Å². The number of ether oxygens (including phenoxy) is 3. The quantitative estimate of drug-likeness (QED) is 0.736. The number of hydrogen-bond donors (Lipinski definition) is 2. The summed E-state index contributed by atoms with van der Waals surface area (Å²) in [5.41, 5.74) is 0.701. The van der Waals surface area contributed by atoms with Crippen LogP contribution in [0.3, 0.4) is 0 Å². The number of amides is 1. The van der Waals surface area contributed by atoms with Gasteiger partial charge in [0.1, 0.15) is 5.92 Å². The van der Waals surface area contributed by atoms with Gasteiger partial charge in [-0.3, -0.25) is 9.59 Å². The van der Waals surface area contributed by atoms with E-state index in [4.69, 9.17) is 14.2 Å². The van der Waals surface area contributed by atoms with Crippen molar-refractivity contribution in [2.24, 2.45) is 5.92 Å². The molecule has 1 aromatic carbocycles. The largest absolute Gasteiger partial charge is 0.466 e. The van der Waals surface area contributed by atoms with Crippen molar-refractivity contribution in [3.05, 3.63) is 18.2 Å². The number of anilines is 1. The van der Waals surface area contributed by atoms with E-state index in [1.54, 1.807) is 18.2 Å². The fraction of sp³-hybridized carbons (Fsp3) is 0.556. The lowest BCUT2D eigenvalue weighted by Crippen LogP contribution is -3.13.